The average Bonchev–Trinajstić information content (AvgIpc) is 2.82. The quantitative estimate of drug-likeness (QED) is 0.890. The molecule has 0 spiro atoms. The van der Waals surface area contributed by atoms with Crippen molar-refractivity contribution in [1.29, 1.82) is 0 Å². The van der Waals surface area contributed by atoms with Crippen LogP contribution in [0.2, 0.25) is 0 Å². The summed E-state index contributed by atoms with van der Waals surface area (Å²) < 4.78 is 18.5. The van der Waals surface area contributed by atoms with E-state index < -0.39 is 0 Å². The van der Waals surface area contributed by atoms with Gasteiger partial charge in [0.25, 0.3) is 0 Å². The first-order valence-corrected chi connectivity index (χ1v) is 6.68. The fourth-order valence-electron chi connectivity index (χ4n) is 2.93. The molecule has 0 saturated carbocycles. The molecule has 102 valence electrons. The van der Waals surface area contributed by atoms with E-state index in [0.717, 1.165) is 25.9 Å². The number of cyclic esters (lactones) is 1. The van der Waals surface area contributed by atoms with Crippen LogP contribution in [0.25, 0.3) is 0 Å². The van der Waals surface area contributed by atoms with Crippen LogP contribution >= 0.6 is 0 Å². The van der Waals surface area contributed by atoms with Crippen molar-refractivity contribution in [1.82, 2.24) is 5.32 Å². The van der Waals surface area contributed by atoms with Gasteiger partial charge in [-0.15, -0.1) is 0 Å². The number of halogens is 1. The highest BCUT2D eigenvalue weighted by Gasteiger charge is 2.39. The van der Waals surface area contributed by atoms with Gasteiger partial charge < -0.3 is 10.1 Å². The first-order chi connectivity index (χ1) is 9.25. The lowest BCUT2D eigenvalue weighted by Crippen LogP contribution is -2.43. The standard InChI is InChI=1S/C14H17FN2O2/c15-11-2-1-3-12(8-11)17-13(9-19-14(17)18)10-4-6-16-7-5-10/h1-3,8,10,13,16H,4-7,9H2. The number of nitrogens with zero attached hydrogens (tertiary/aromatic N) is 1. The Labute approximate surface area is 111 Å². The summed E-state index contributed by atoms with van der Waals surface area (Å²) in [4.78, 5) is 13.5. The van der Waals surface area contributed by atoms with Gasteiger partial charge in [0.2, 0.25) is 0 Å². The predicted octanol–water partition coefficient (Wildman–Crippen LogP) is 2.15. The molecule has 1 unspecified atom stereocenters. The van der Waals surface area contributed by atoms with Crippen LogP contribution in [-0.2, 0) is 4.74 Å². The van der Waals surface area contributed by atoms with E-state index in [1.165, 1.54) is 12.1 Å². The molecule has 5 heteroatoms. The minimum atomic E-state index is -0.367. The molecule has 1 aromatic rings. The Morgan fingerprint density at radius 3 is 2.84 bits per heavy atom. The van der Waals surface area contributed by atoms with Crippen molar-refractivity contribution in [3.63, 3.8) is 0 Å². The van der Waals surface area contributed by atoms with Crippen LogP contribution in [0.5, 0.6) is 0 Å². The van der Waals surface area contributed by atoms with Crippen LogP contribution in [-0.4, -0.2) is 31.8 Å². The molecule has 2 fully saturated rings. The smallest absolute Gasteiger partial charge is 0.414 e. The number of piperidine rings is 1. The van der Waals surface area contributed by atoms with Crippen LogP contribution < -0.4 is 10.2 Å². The fraction of sp³-hybridized carbons (Fsp3) is 0.500. The van der Waals surface area contributed by atoms with Gasteiger partial charge in [-0.2, -0.15) is 0 Å². The number of rotatable bonds is 2. The van der Waals surface area contributed by atoms with Crippen molar-refractivity contribution in [3.8, 4) is 0 Å². The zero-order chi connectivity index (χ0) is 13.2. The maximum Gasteiger partial charge on any atom is 0.414 e. The van der Waals surface area contributed by atoms with Crippen LogP contribution in [0.3, 0.4) is 0 Å². The van der Waals surface area contributed by atoms with Crippen LogP contribution in [0.1, 0.15) is 12.8 Å². The molecule has 1 aromatic carbocycles. The highest BCUT2D eigenvalue weighted by molar-refractivity contribution is 5.90. The highest BCUT2D eigenvalue weighted by Crippen LogP contribution is 2.31. The number of amides is 1. The number of hydrogen-bond acceptors (Lipinski definition) is 3. The van der Waals surface area contributed by atoms with Gasteiger partial charge in [-0.05, 0) is 50.0 Å². The van der Waals surface area contributed by atoms with Gasteiger partial charge in [0.1, 0.15) is 12.4 Å². The van der Waals surface area contributed by atoms with Gasteiger partial charge in [0.05, 0.1) is 11.7 Å². The van der Waals surface area contributed by atoms with Crippen molar-refractivity contribution >= 4 is 11.8 Å². The summed E-state index contributed by atoms with van der Waals surface area (Å²) in [7, 11) is 0. The van der Waals surface area contributed by atoms with E-state index in [4.69, 9.17) is 4.74 Å². The molecule has 1 amide bonds. The van der Waals surface area contributed by atoms with Gasteiger partial charge in [0.15, 0.2) is 0 Å². The molecule has 2 saturated heterocycles. The molecular weight excluding hydrogens is 247 g/mol. The molecule has 19 heavy (non-hydrogen) atoms. The summed E-state index contributed by atoms with van der Waals surface area (Å²) in [6.07, 6.45) is 1.68. The summed E-state index contributed by atoms with van der Waals surface area (Å²) in [6, 6.07) is 6.17. The Kier molecular flexibility index (Phi) is 3.38. The monoisotopic (exact) mass is 264 g/mol. The second-order valence-electron chi connectivity index (χ2n) is 5.08. The van der Waals surface area contributed by atoms with E-state index in [9.17, 15) is 9.18 Å². The Morgan fingerprint density at radius 2 is 2.11 bits per heavy atom. The van der Waals surface area contributed by atoms with E-state index in [1.807, 2.05) is 0 Å². The van der Waals surface area contributed by atoms with E-state index in [1.54, 1.807) is 17.0 Å². The minimum absolute atomic E-state index is 0.0244. The molecule has 3 rings (SSSR count). The number of carbonyl (C=O) groups excluding carboxylic acids is 1. The lowest BCUT2D eigenvalue weighted by molar-refractivity contribution is 0.174. The first kappa shape index (κ1) is 12.4. The third kappa shape index (κ3) is 2.42. The van der Waals surface area contributed by atoms with Gasteiger partial charge in [-0.1, -0.05) is 6.07 Å². The van der Waals surface area contributed by atoms with E-state index in [0.29, 0.717) is 18.2 Å². The van der Waals surface area contributed by atoms with Gasteiger partial charge in [-0.3, -0.25) is 4.90 Å². The maximum atomic E-state index is 13.3. The van der Waals surface area contributed by atoms with Gasteiger partial charge in [-0.25, -0.2) is 9.18 Å². The number of hydrogen-bond donors (Lipinski definition) is 1. The first-order valence-electron chi connectivity index (χ1n) is 6.68. The Bertz CT molecular complexity index is 474. The predicted molar refractivity (Wildman–Crippen MR) is 69.6 cm³/mol. The van der Waals surface area contributed by atoms with Crippen molar-refractivity contribution in [3.05, 3.63) is 30.1 Å². The molecule has 1 N–H and O–H groups in total. The molecule has 4 nitrogen and oxygen atoms in total. The van der Waals surface area contributed by atoms with E-state index in [-0.39, 0.29) is 18.0 Å². The zero-order valence-electron chi connectivity index (χ0n) is 10.6. The fourth-order valence-corrected chi connectivity index (χ4v) is 2.93. The summed E-state index contributed by atoms with van der Waals surface area (Å²) >= 11 is 0. The summed E-state index contributed by atoms with van der Waals surface area (Å²) in [6.45, 7) is 2.33. The number of benzene rings is 1. The molecule has 2 aliphatic heterocycles. The Morgan fingerprint density at radius 1 is 1.32 bits per heavy atom. The summed E-state index contributed by atoms with van der Waals surface area (Å²) in [5.41, 5.74) is 0.589. The molecule has 0 bridgehead atoms. The van der Waals surface area contributed by atoms with Crippen LogP contribution in [0.15, 0.2) is 24.3 Å². The Hall–Kier alpha value is -1.62. The van der Waals surface area contributed by atoms with Crippen molar-refractivity contribution < 1.29 is 13.9 Å². The molecule has 1 atom stereocenters. The summed E-state index contributed by atoms with van der Waals surface area (Å²) in [5.74, 6) is 0.0808. The van der Waals surface area contributed by atoms with Gasteiger partial charge >= 0.3 is 6.09 Å². The Balaban J connectivity index is 1.85. The molecule has 2 heterocycles. The molecule has 0 aromatic heterocycles. The molecule has 0 radical (unpaired) electrons. The van der Waals surface area contributed by atoms with E-state index in [2.05, 4.69) is 5.32 Å². The number of nitrogens with one attached hydrogen (secondary N) is 1. The van der Waals surface area contributed by atoms with Crippen molar-refractivity contribution in [2.45, 2.75) is 18.9 Å². The van der Waals surface area contributed by atoms with Crippen molar-refractivity contribution in [2.75, 3.05) is 24.6 Å². The highest BCUT2D eigenvalue weighted by atomic mass is 19.1. The van der Waals surface area contributed by atoms with E-state index >= 15 is 0 Å². The largest absolute Gasteiger partial charge is 0.447 e. The third-order valence-electron chi connectivity index (χ3n) is 3.92. The van der Waals surface area contributed by atoms with Gasteiger partial charge in [0, 0.05) is 0 Å². The molecule has 0 aliphatic carbocycles. The second kappa shape index (κ2) is 5.17. The van der Waals surface area contributed by atoms with Crippen LogP contribution in [0, 0.1) is 11.7 Å². The SMILES string of the molecule is O=C1OCC(C2CCNCC2)N1c1cccc(F)c1. The lowest BCUT2D eigenvalue weighted by atomic mass is 9.90. The van der Waals surface area contributed by atoms with Crippen molar-refractivity contribution in [2.24, 2.45) is 5.92 Å². The summed E-state index contributed by atoms with van der Waals surface area (Å²) in [5, 5.41) is 3.31. The normalized spacial score (nSPS) is 24.6. The third-order valence-corrected chi connectivity index (χ3v) is 3.92. The van der Waals surface area contributed by atoms with Crippen LogP contribution in [0.4, 0.5) is 14.9 Å². The minimum Gasteiger partial charge on any atom is -0.447 e. The second-order valence-corrected chi connectivity index (χ2v) is 5.08. The average molecular weight is 264 g/mol. The number of carbonyl (C=O) groups is 1. The number of ether oxygens (including phenoxy) is 1. The lowest BCUT2D eigenvalue weighted by Gasteiger charge is -2.31. The topological polar surface area (TPSA) is 41.6 Å². The molecule has 2 aliphatic rings. The molecular formula is C14H17FN2O2. The zero-order valence-corrected chi connectivity index (χ0v) is 10.6. The maximum absolute atomic E-state index is 13.3. The number of anilines is 1.